The molecule has 0 heterocycles. The van der Waals surface area contributed by atoms with E-state index in [0.29, 0.717) is 17.4 Å². The van der Waals surface area contributed by atoms with Crippen LogP contribution in [0.4, 0.5) is 0 Å². The summed E-state index contributed by atoms with van der Waals surface area (Å²) in [7, 11) is 1.54. The van der Waals surface area contributed by atoms with Crippen LogP contribution in [0.3, 0.4) is 0 Å². The van der Waals surface area contributed by atoms with Gasteiger partial charge < -0.3 is 19.8 Å². The maximum Gasteiger partial charge on any atom is 0.472 e. The van der Waals surface area contributed by atoms with Crippen molar-refractivity contribution >= 4 is 13.7 Å². The Balaban J connectivity index is 4.44. The number of hydrogen-bond acceptors (Lipinski definition) is 5. The fraction of sp³-hybridized carbons (Fsp3) is 0.700. The summed E-state index contributed by atoms with van der Waals surface area (Å²) in [5, 5.41) is 13.8. The highest BCUT2D eigenvalue weighted by Crippen LogP contribution is 2.43. The van der Waals surface area contributed by atoms with Crippen LogP contribution in [0.25, 0.3) is 0 Å². The average Bonchev–Trinajstić information content (AvgIpc) is 3.19. The number of likely N-dealkylation sites (N-methyl/N-ethyl adjacent to an activating group) is 1. The molecule has 0 aromatic rings. The minimum atomic E-state index is -4.35. The van der Waals surface area contributed by atoms with Crippen LogP contribution in [-0.4, -0.2) is 73.4 Å². The van der Waals surface area contributed by atoms with E-state index in [4.69, 9.17) is 9.05 Å². The van der Waals surface area contributed by atoms with Gasteiger partial charge in [-0.25, -0.2) is 4.57 Å². The Morgan fingerprint density at radius 1 is 0.593 bits per heavy atom. The predicted octanol–water partition coefficient (Wildman–Crippen LogP) is 13.4. The standard InChI is InChI=1S/C50H89N2O6P/c1-6-8-10-12-14-16-18-20-22-23-24-25-26-27-28-29-30-32-34-36-38-40-42-44-50(54)51-48(47-58-59(55,56)57-46-45-52(3,4)5)49(53)43-41-39-37-35-33-31-21-19-17-15-13-11-9-7-2/h8,10,14,16,20,22,24-25,27-28,30,32,41,43,48-49,53H,6-7,9,11-13,15,17-19,21,23,26,29,31,33-40,42,44-47H2,1-5H3,(H-,51,54,55,56)/p+1/b10-8-,16-14-,22-20-,25-24-,28-27-,32-30-,43-41+. The lowest BCUT2D eigenvalue weighted by Gasteiger charge is -2.25. The Kier molecular flexibility index (Phi) is 39.4. The van der Waals surface area contributed by atoms with Crippen LogP contribution in [0.2, 0.25) is 0 Å². The first-order valence-electron chi connectivity index (χ1n) is 23.5. The van der Waals surface area contributed by atoms with Crippen LogP contribution < -0.4 is 5.32 Å². The summed E-state index contributed by atoms with van der Waals surface area (Å²) >= 11 is 0. The molecule has 3 atom stereocenters. The van der Waals surface area contributed by atoms with Gasteiger partial charge in [-0.3, -0.25) is 13.8 Å². The van der Waals surface area contributed by atoms with Crippen LogP contribution in [0, 0.1) is 0 Å². The van der Waals surface area contributed by atoms with Gasteiger partial charge in [0, 0.05) is 6.42 Å². The van der Waals surface area contributed by atoms with Crippen LogP contribution in [0.5, 0.6) is 0 Å². The van der Waals surface area contributed by atoms with Crippen molar-refractivity contribution in [2.24, 2.45) is 0 Å². The Hall–Kier alpha value is -2.32. The second-order valence-corrected chi connectivity index (χ2v) is 18.2. The highest BCUT2D eigenvalue weighted by atomic mass is 31.2. The minimum Gasteiger partial charge on any atom is -0.387 e. The van der Waals surface area contributed by atoms with Crippen LogP contribution in [0.15, 0.2) is 85.1 Å². The Morgan fingerprint density at radius 3 is 1.49 bits per heavy atom. The van der Waals surface area contributed by atoms with Gasteiger partial charge in [-0.05, 0) is 70.6 Å². The normalized spacial score (nSPS) is 15.0. The van der Waals surface area contributed by atoms with E-state index in [2.05, 4.69) is 92.1 Å². The smallest absolute Gasteiger partial charge is 0.387 e. The Bertz CT molecular complexity index is 1230. The number of nitrogens with zero attached hydrogens (tertiary/aromatic N) is 1. The highest BCUT2D eigenvalue weighted by molar-refractivity contribution is 7.47. The fourth-order valence-corrected chi connectivity index (χ4v) is 6.90. The maximum atomic E-state index is 12.9. The van der Waals surface area contributed by atoms with Crippen molar-refractivity contribution in [2.45, 2.75) is 187 Å². The number of carbonyl (C=O) groups excluding carboxylic acids is 1. The van der Waals surface area contributed by atoms with Crippen LogP contribution in [-0.2, 0) is 18.4 Å². The quantitative estimate of drug-likeness (QED) is 0.0245. The van der Waals surface area contributed by atoms with Gasteiger partial charge >= 0.3 is 7.82 Å². The lowest BCUT2D eigenvalue weighted by atomic mass is 10.0. The van der Waals surface area contributed by atoms with Gasteiger partial charge in [-0.2, -0.15) is 0 Å². The van der Waals surface area contributed by atoms with Crippen molar-refractivity contribution in [3.8, 4) is 0 Å². The number of hydrogen-bond donors (Lipinski definition) is 3. The molecule has 0 aliphatic rings. The lowest BCUT2D eigenvalue weighted by molar-refractivity contribution is -0.870. The van der Waals surface area contributed by atoms with E-state index in [1.54, 1.807) is 6.08 Å². The monoisotopic (exact) mass is 846 g/mol. The Morgan fingerprint density at radius 2 is 1.02 bits per heavy atom. The van der Waals surface area contributed by atoms with Crippen molar-refractivity contribution in [3.63, 3.8) is 0 Å². The minimum absolute atomic E-state index is 0.0515. The summed E-state index contributed by atoms with van der Waals surface area (Å²) < 4.78 is 23.6. The first-order valence-corrected chi connectivity index (χ1v) is 25.0. The van der Waals surface area contributed by atoms with Crippen molar-refractivity contribution in [2.75, 3.05) is 40.9 Å². The van der Waals surface area contributed by atoms with Gasteiger partial charge in [-0.15, -0.1) is 0 Å². The van der Waals surface area contributed by atoms with Crippen molar-refractivity contribution in [1.29, 1.82) is 0 Å². The number of phosphoric ester groups is 1. The number of amides is 1. The van der Waals surface area contributed by atoms with Gasteiger partial charge in [0.2, 0.25) is 5.91 Å². The second-order valence-electron chi connectivity index (χ2n) is 16.8. The molecule has 9 heteroatoms. The largest absolute Gasteiger partial charge is 0.472 e. The molecule has 0 radical (unpaired) electrons. The number of nitrogens with one attached hydrogen (secondary N) is 1. The zero-order chi connectivity index (χ0) is 43.6. The molecule has 0 spiro atoms. The molecular weight excluding hydrogens is 756 g/mol. The summed E-state index contributed by atoms with van der Waals surface area (Å²) in [6.07, 6.45) is 56.5. The van der Waals surface area contributed by atoms with Gasteiger partial charge in [0.05, 0.1) is 39.9 Å². The molecule has 0 aliphatic heterocycles. The number of phosphoric acid groups is 1. The molecule has 8 nitrogen and oxygen atoms in total. The molecule has 0 aromatic heterocycles. The topological polar surface area (TPSA) is 105 Å². The number of allylic oxidation sites excluding steroid dienone is 13. The highest BCUT2D eigenvalue weighted by Gasteiger charge is 2.27. The van der Waals surface area contributed by atoms with Gasteiger partial charge in [0.1, 0.15) is 13.2 Å². The van der Waals surface area contributed by atoms with Gasteiger partial charge in [0.15, 0.2) is 0 Å². The third kappa shape index (κ3) is 43.6. The van der Waals surface area contributed by atoms with Crippen LogP contribution >= 0.6 is 7.82 Å². The third-order valence-corrected chi connectivity index (χ3v) is 10.9. The molecule has 0 aromatic carbocycles. The van der Waals surface area contributed by atoms with Gasteiger partial charge in [0.25, 0.3) is 0 Å². The average molecular weight is 846 g/mol. The van der Waals surface area contributed by atoms with E-state index in [1.165, 1.54) is 64.2 Å². The fourth-order valence-electron chi connectivity index (χ4n) is 6.16. The predicted molar refractivity (Wildman–Crippen MR) is 253 cm³/mol. The molecule has 0 aliphatic carbocycles. The molecule has 0 bridgehead atoms. The van der Waals surface area contributed by atoms with E-state index in [-0.39, 0.29) is 19.1 Å². The van der Waals surface area contributed by atoms with E-state index >= 15 is 0 Å². The summed E-state index contributed by atoms with van der Waals surface area (Å²) in [6.45, 7) is 4.66. The molecule has 3 N–H and O–H groups in total. The molecular formula is C50H90N2O6P+. The molecule has 0 saturated carbocycles. The zero-order valence-electron chi connectivity index (χ0n) is 38.5. The molecule has 0 fully saturated rings. The van der Waals surface area contributed by atoms with Crippen LogP contribution in [0.1, 0.15) is 174 Å². The molecule has 1 amide bonds. The number of quaternary nitrogens is 1. The van der Waals surface area contributed by atoms with E-state index in [1.807, 2.05) is 27.2 Å². The van der Waals surface area contributed by atoms with E-state index < -0.39 is 20.0 Å². The number of unbranched alkanes of at least 4 members (excludes halogenated alkanes) is 16. The van der Waals surface area contributed by atoms with Crippen molar-refractivity contribution in [3.05, 3.63) is 85.1 Å². The third-order valence-electron chi connectivity index (χ3n) is 9.87. The lowest BCUT2D eigenvalue weighted by Crippen LogP contribution is -2.45. The number of aliphatic hydroxyl groups excluding tert-OH is 1. The summed E-state index contributed by atoms with van der Waals surface area (Å²) in [5.41, 5.74) is 0. The maximum absolute atomic E-state index is 12.9. The van der Waals surface area contributed by atoms with Crippen molar-refractivity contribution < 1.29 is 32.9 Å². The van der Waals surface area contributed by atoms with E-state index in [0.717, 1.165) is 89.9 Å². The Labute approximate surface area is 363 Å². The number of aliphatic hydroxyl groups is 1. The summed E-state index contributed by atoms with van der Waals surface area (Å²) in [5.74, 6) is -0.206. The molecule has 59 heavy (non-hydrogen) atoms. The van der Waals surface area contributed by atoms with E-state index in [9.17, 15) is 19.4 Å². The summed E-state index contributed by atoms with van der Waals surface area (Å²) in [4.78, 5) is 23.1. The SMILES string of the molecule is CC/C=C\C/C=C\C/C=C\C/C=C\C/C=C\C/C=C\CCCCCCC(=O)NC(COP(=O)(O)OCC[N+](C)(C)C)C(O)/C=C/CCCCCCCCCCCCCC. The first-order chi connectivity index (χ1) is 28.5. The number of carbonyl (C=O) groups is 1. The number of rotatable bonds is 41. The zero-order valence-corrected chi connectivity index (χ0v) is 39.4. The molecule has 3 unspecified atom stereocenters. The molecule has 340 valence electrons. The van der Waals surface area contributed by atoms with Gasteiger partial charge in [-0.1, -0.05) is 182 Å². The first kappa shape index (κ1) is 56.7. The summed E-state index contributed by atoms with van der Waals surface area (Å²) in [6, 6.07) is -0.865. The second kappa shape index (κ2) is 41.1. The molecule has 0 rings (SSSR count). The van der Waals surface area contributed by atoms with Crippen molar-refractivity contribution in [1.82, 2.24) is 5.32 Å². The molecule has 0 saturated heterocycles.